The van der Waals surface area contributed by atoms with E-state index >= 15 is 0 Å². The van der Waals surface area contributed by atoms with Crippen LogP contribution in [-0.4, -0.2) is 7.11 Å². The van der Waals surface area contributed by atoms with Gasteiger partial charge in [0.2, 0.25) is 0 Å². The SMILES string of the molecule is COc1cccc2cc(C)c(I)c(-c3ccccc3)c12. The minimum atomic E-state index is 0.930. The maximum atomic E-state index is 5.58. The van der Waals surface area contributed by atoms with E-state index in [0.29, 0.717) is 0 Å². The van der Waals surface area contributed by atoms with E-state index in [2.05, 4.69) is 65.9 Å². The molecule has 0 N–H and O–H groups in total. The van der Waals surface area contributed by atoms with Crippen LogP contribution < -0.4 is 4.74 Å². The minimum Gasteiger partial charge on any atom is -0.496 e. The molecule has 0 aliphatic heterocycles. The minimum absolute atomic E-state index is 0.930. The van der Waals surface area contributed by atoms with Gasteiger partial charge in [0.25, 0.3) is 0 Å². The summed E-state index contributed by atoms with van der Waals surface area (Å²) in [6.07, 6.45) is 0. The first-order valence-electron chi connectivity index (χ1n) is 6.53. The van der Waals surface area contributed by atoms with E-state index in [9.17, 15) is 0 Å². The van der Waals surface area contributed by atoms with Crippen molar-refractivity contribution in [3.05, 3.63) is 63.7 Å². The summed E-state index contributed by atoms with van der Waals surface area (Å²) in [5.74, 6) is 0.930. The number of benzene rings is 3. The molecule has 0 spiro atoms. The van der Waals surface area contributed by atoms with E-state index in [1.165, 1.54) is 31.0 Å². The second-order valence-electron chi connectivity index (χ2n) is 4.81. The molecular weight excluding hydrogens is 359 g/mol. The van der Waals surface area contributed by atoms with E-state index in [1.54, 1.807) is 7.11 Å². The van der Waals surface area contributed by atoms with Gasteiger partial charge in [0.1, 0.15) is 5.75 Å². The van der Waals surface area contributed by atoms with Crippen LogP contribution >= 0.6 is 22.6 Å². The predicted octanol–water partition coefficient (Wildman–Crippen LogP) is 5.43. The summed E-state index contributed by atoms with van der Waals surface area (Å²) >= 11 is 2.43. The van der Waals surface area contributed by atoms with Gasteiger partial charge in [0.15, 0.2) is 0 Å². The van der Waals surface area contributed by atoms with Crippen molar-refractivity contribution in [2.24, 2.45) is 0 Å². The van der Waals surface area contributed by atoms with Crippen molar-refractivity contribution in [3.8, 4) is 16.9 Å². The molecule has 0 heterocycles. The highest BCUT2D eigenvalue weighted by molar-refractivity contribution is 14.1. The van der Waals surface area contributed by atoms with Crippen molar-refractivity contribution in [2.45, 2.75) is 6.92 Å². The Hall–Kier alpha value is -1.55. The van der Waals surface area contributed by atoms with Crippen molar-refractivity contribution in [3.63, 3.8) is 0 Å². The van der Waals surface area contributed by atoms with Crippen LogP contribution in [0.2, 0.25) is 0 Å². The number of methoxy groups -OCH3 is 1. The third-order valence-electron chi connectivity index (χ3n) is 3.53. The monoisotopic (exact) mass is 374 g/mol. The van der Waals surface area contributed by atoms with E-state index in [1.807, 2.05) is 18.2 Å². The number of hydrogen-bond donors (Lipinski definition) is 0. The van der Waals surface area contributed by atoms with Gasteiger partial charge in [0.05, 0.1) is 7.11 Å². The number of halogens is 1. The van der Waals surface area contributed by atoms with E-state index in [4.69, 9.17) is 4.74 Å². The molecule has 20 heavy (non-hydrogen) atoms. The predicted molar refractivity (Wildman–Crippen MR) is 93.4 cm³/mol. The molecular formula is C18H15IO. The van der Waals surface area contributed by atoms with Gasteiger partial charge in [-0.05, 0) is 52.1 Å². The molecule has 3 aromatic rings. The molecule has 0 radical (unpaired) electrons. The lowest BCUT2D eigenvalue weighted by Gasteiger charge is -2.15. The lowest BCUT2D eigenvalue weighted by Crippen LogP contribution is -1.93. The van der Waals surface area contributed by atoms with Gasteiger partial charge < -0.3 is 4.74 Å². The molecule has 3 rings (SSSR count). The Kier molecular flexibility index (Phi) is 3.66. The number of rotatable bonds is 2. The summed E-state index contributed by atoms with van der Waals surface area (Å²) in [7, 11) is 1.73. The molecule has 0 saturated heterocycles. The van der Waals surface area contributed by atoms with Crippen LogP contribution in [0.25, 0.3) is 21.9 Å². The van der Waals surface area contributed by atoms with Crippen LogP contribution in [0.3, 0.4) is 0 Å². The van der Waals surface area contributed by atoms with Crippen LogP contribution in [-0.2, 0) is 0 Å². The van der Waals surface area contributed by atoms with Crippen LogP contribution in [0.4, 0.5) is 0 Å². The molecule has 0 unspecified atom stereocenters. The first-order chi connectivity index (χ1) is 9.72. The molecule has 1 nitrogen and oxygen atoms in total. The zero-order chi connectivity index (χ0) is 14.1. The Morgan fingerprint density at radius 1 is 0.950 bits per heavy atom. The summed E-state index contributed by atoms with van der Waals surface area (Å²) in [6.45, 7) is 2.16. The summed E-state index contributed by atoms with van der Waals surface area (Å²) in [6, 6.07) is 19.0. The van der Waals surface area contributed by atoms with Gasteiger partial charge in [-0.3, -0.25) is 0 Å². The van der Waals surface area contributed by atoms with Crippen LogP contribution in [0, 0.1) is 10.5 Å². The molecule has 0 aliphatic rings. The maximum Gasteiger partial charge on any atom is 0.127 e. The zero-order valence-electron chi connectivity index (χ0n) is 11.5. The molecule has 0 bridgehead atoms. The van der Waals surface area contributed by atoms with Crippen molar-refractivity contribution >= 4 is 33.4 Å². The Bertz CT molecular complexity index is 763. The largest absolute Gasteiger partial charge is 0.496 e. The molecule has 0 amide bonds. The molecule has 0 aromatic heterocycles. The van der Waals surface area contributed by atoms with E-state index in [0.717, 1.165) is 5.75 Å². The summed E-state index contributed by atoms with van der Waals surface area (Å²) in [5, 5.41) is 2.41. The van der Waals surface area contributed by atoms with Crippen molar-refractivity contribution < 1.29 is 4.74 Å². The fraction of sp³-hybridized carbons (Fsp3) is 0.111. The van der Waals surface area contributed by atoms with Crippen LogP contribution in [0.1, 0.15) is 5.56 Å². The molecule has 3 aromatic carbocycles. The number of hydrogen-bond acceptors (Lipinski definition) is 1. The van der Waals surface area contributed by atoms with E-state index in [-0.39, 0.29) is 0 Å². The standard InChI is InChI=1S/C18H15IO/c1-12-11-14-9-6-10-15(20-2)16(14)17(18(12)19)13-7-4-3-5-8-13/h3-11H,1-2H3. The average Bonchev–Trinajstić information content (AvgIpc) is 2.49. The highest BCUT2D eigenvalue weighted by Gasteiger charge is 2.14. The number of aryl methyl sites for hydroxylation is 1. The van der Waals surface area contributed by atoms with Gasteiger partial charge >= 0.3 is 0 Å². The van der Waals surface area contributed by atoms with E-state index < -0.39 is 0 Å². The summed E-state index contributed by atoms with van der Waals surface area (Å²) in [5.41, 5.74) is 3.79. The Labute approximate surface area is 132 Å². The maximum absolute atomic E-state index is 5.58. The van der Waals surface area contributed by atoms with Crippen molar-refractivity contribution in [1.29, 1.82) is 0 Å². The topological polar surface area (TPSA) is 9.23 Å². The van der Waals surface area contributed by atoms with Gasteiger partial charge in [-0.15, -0.1) is 0 Å². The van der Waals surface area contributed by atoms with Gasteiger partial charge in [-0.1, -0.05) is 48.5 Å². The first-order valence-corrected chi connectivity index (χ1v) is 7.61. The highest BCUT2D eigenvalue weighted by atomic mass is 127. The Balaban J connectivity index is 2.48. The third-order valence-corrected chi connectivity index (χ3v) is 4.92. The van der Waals surface area contributed by atoms with Gasteiger partial charge in [-0.25, -0.2) is 0 Å². The number of fused-ring (bicyclic) bond motifs is 1. The second kappa shape index (κ2) is 5.44. The molecule has 0 atom stereocenters. The zero-order valence-corrected chi connectivity index (χ0v) is 13.6. The molecule has 100 valence electrons. The van der Waals surface area contributed by atoms with Crippen molar-refractivity contribution in [2.75, 3.05) is 7.11 Å². The Morgan fingerprint density at radius 2 is 1.70 bits per heavy atom. The second-order valence-corrected chi connectivity index (χ2v) is 5.89. The fourth-order valence-electron chi connectivity index (χ4n) is 2.59. The molecule has 0 fully saturated rings. The highest BCUT2D eigenvalue weighted by Crippen LogP contribution is 2.39. The summed E-state index contributed by atoms with van der Waals surface area (Å²) in [4.78, 5) is 0. The molecule has 0 saturated carbocycles. The van der Waals surface area contributed by atoms with Crippen molar-refractivity contribution in [1.82, 2.24) is 0 Å². The normalized spacial score (nSPS) is 10.8. The summed E-state index contributed by atoms with van der Waals surface area (Å²) < 4.78 is 6.86. The van der Waals surface area contributed by atoms with Gasteiger partial charge in [0, 0.05) is 14.5 Å². The molecule has 2 heteroatoms. The third kappa shape index (κ3) is 2.18. The smallest absolute Gasteiger partial charge is 0.127 e. The number of ether oxygens (including phenoxy) is 1. The fourth-order valence-corrected chi connectivity index (χ4v) is 3.32. The van der Waals surface area contributed by atoms with Gasteiger partial charge in [-0.2, -0.15) is 0 Å². The average molecular weight is 374 g/mol. The Morgan fingerprint density at radius 3 is 2.40 bits per heavy atom. The first kappa shape index (κ1) is 13.4. The van der Waals surface area contributed by atoms with Crippen LogP contribution in [0.5, 0.6) is 5.75 Å². The van der Waals surface area contributed by atoms with Crippen LogP contribution in [0.15, 0.2) is 54.6 Å². The lowest BCUT2D eigenvalue weighted by molar-refractivity contribution is 0.420. The lowest BCUT2D eigenvalue weighted by atomic mass is 9.95. The molecule has 0 aliphatic carbocycles. The quantitative estimate of drug-likeness (QED) is 0.544.